The minimum atomic E-state index is -5.28. The Morgan fingerprint density at radius 3 is 2.06 bits per heavy atom. The van der Waals surface area contributed by atoms with Crippen LogP contribution in [0.25, 0.3) is 0 Å². The largest absolute Gasteiger partial charge is 0.466 e. The summed E-state index contributed by atoms with van der Waals surface area (Å²) in [6.07, 6.45) is -10.9. The zero-order chi connectivity index (χ0) is 25.1. The van der Waals surface area contributed by atoms with E-state index in [4.69, 9.17) is 9.47 Å². The highest BCUT2D eigenvalue weighted by Crippen LogP contribution is 2.40. The van der Waals surface area contributed by atoms with Crippen LogP contribution in [0.4, 0.5) is 26.3 Å². The van der Waals surface area contributed by atoms with E-state index in [9.17, 15) is 40.7 Å². The van der Waals surface area contributed by atoms with Gasteiger partial charge in [-0.3, -0.25) is 9.59 Å². The van der Waals surface area contributed by atoms with E-state index in [1.54, 1.807) is 0 Å². The van der Waals surface area contributed by atoms with Gasteiger partial charge in [0.2, 0.25) is 5.78 Å². The molecule has 0 aliphatic rings. The Morgan fingerprint density at radius 2 is 1.55 bits per heavy atom. The number of hydrogen-bond acceptors (Lipinski definition) is 5. The molecule has 33 heavy (non-hydrogen) atoms. The van der Waals surface area contributed by atoms with E-state index in [0.29, 0.717) is 16.7 Å². The molecule has 2 aromatic rings. The second kappa shape index (κ2) is 9.67. The Labute approximate surface area is 184 Å². The molecule has 0 atom stereocenters. The smallest absolute Gasteiger partial charge is 0.419 e. The number of aromatic nitrogens is 1. The molecule has 2 rings (SSSR count). The zero-order valence-electron chi connectivity index (χ0n) is 17.7. The standard InChI is InChI=1S/C21H19F6NO5/c1-4-32-14(29)10-13-15(19(31)33-5-2)16(21(25,26)27)17(28(13)3)18(30)11-7-6-8-12(9-11)20(22,23)24/h6-9H,4-5,10H2,1-3H3. The van der Waals surface area contributed by atoms with Crippen LogP contribution in [0.15, 0.2) is 24.3 Å². The highest BCUT2D eigenvalue weighted by atomic mass is 19.4. The van der Waals surface area contributed by atoms with Crippen LogP contribution in [-0.4, -0.2) is 35.5 Å². The van der Waals surface area contributed by atoms with Crippen molar-refractivity contribution in [1.82, 2.24) is 4.57 Å². The van der Waals surface area contributed by atoms with E-state index in [2.05, 4.69) is 0 Å². The molecule has 0 bridgehead atoms. The average Bonchev–Trinajstić information content (AvgIpc) is 3.00. The van der Waals surface area contributed by atoms with Crippen molar-refractivity contribution in [1.29, 1.82) is 0 Å². The molecule has 12 heteroatoms. The molecule has 0 aliphatic heterocycles. The third-order valence-corrected chi connectivity index (χ3v) is 4.56. The van der Waals surface area contributed by atoms with Crippen molar-refractivity contribution in [3.63, 3.8) is 0 Å². The molecular weight excluding hydrogens is 460 g/mol. The van der Waals surface area contributed by atoms with E-state index >= 15 is 0 Å². The first-order valence-electron chi connectivity index (χ1n) is 9.57. The summed E-state index contributed by atoms with van der Waals surface area (Å²) in [5.74, 6) is -3.84. The summed E-state index contributed by atoms with van der Waals surface area (Å²) in [5.41, 5.74) is -6.33. The lowest BCUT2D eigenvalue weighted by Gasteiger charge is -2.12. The minimum Gasteiger partial charge on any atom is -0.466 e. The first kappa shape index (κ1) is 25.9. The molecule has 0 saturated heterocycles. The molecule has 6 nitrogen and oxygen atoms in total. The van der Waals surface area contributed by atoms with Crippen LogP contribution < -0.4 is 0 Å². The molecule has 0 amide bonds. The molecule has 0 aliphatic carbocycles. The third kappa shape index (κ3) is 5.55. The summed E-state index contributed by atoms with van der Waals surface area (Å²) in [4.78, 5) is 37.4. The number of ketones is 1. The molecule has 0 spiro atoms. The van der Waals surface area contributed by atoms with Gasteiger partial charge in [0.15, 0.2) is 0 Å². The average molecular weight is 479 g/mol. The summed E-state index contributed by atoms with van der Waals surface area (Å²) in [6.45, 7) is 2.40. The molecule has 1 aromatic heterocycles. The number of rotatable bonds is 7. The fraction of sp³-hybridized carbons (Fsp3) is 0.381. The number of halogens is 6. The molecular formula is C21H19F6NO5. The maximum absolute atomic E-state index is 14.1. The van der Waals surface area contributed by atoms with Crippen LogP contribution >= 0.6 is 0 Å². The van der Waals surface area contributed by atoms with Gasteiger partial charge in [-0.15, -0.1) is 0 Å². The summed E-state index contributed by atoms with van der Waals surface area (Å²) in [6, 6.07) is 2.85. The first-order chi connectivity index (χ1) is 15.2. The van der Waals surface area contributed by atoms with Crippen LogP contribution in [0, 0.1) is 0 Å². The topological polar surface area (TPSA) is 74.6 Å². The number of hydrogen-bond donors (Lipinski definition) is 0. The van der Waals surface area contributed by atoms with Crippen LogP contribution in [0.3, 0.4) is 0 Å². The van der Waals surface area contributed by atoms with Gasteiger partial charge in [-0.1, -0.05) is 12.1 Å². The fourth-order valence-corrected chi connectivity index (χ4v) is 3.23. The van der Waals surface area contributed by atoms with Crippen molar-refractivity contribution in [3.05, 3.63) is 57.9 Å². The lowest BCUT2D eigenvalue weighted by molar-refractivity contribution is -0.142. The van der Waals surface area contributed by atoms with Crippen LogP contribution in [0.5, 0.6) is 0 Å². The lowest BCUT2D eigenvalue weighted by Crippen LogP contribution is -2.19. The van der Waals surface area contributed by atoms with Crippen molar-refractivity contribution < 1.29 is 50.2 Å². The van der Waals surface area contributed by atoms with E-state index in [0.717, 1.165) is 19.2 Å². The Morgan fingerprint density at radius 1 is 0.939 bits per heavy atom. The Balaban J connectivity index is 2.82. The van der Waals surface area contributed by atoms with E-state index < -0.39 is 70.1 Å². The lowest BCUT2D eigenvalue weighted by atomic mass is 10.00. The van der Waals surface area contributed by atoms with Crippen molar-refractivity contribution in [2.24, 2.45) is 7.05 Å². The highest BCUT2D eigenvalue weighted by Gasteiger charge is 2.45. The molecule has 0 unspecified atom stereocenters. The van der Waals surface area contributed by atoms with E-state index in [-0.39, 0.29) is 13.2 Å². The summed E-state index contributed by atoms with van der Waals surface area (Å²) in [5, 5.41) is 0. The predicted octanol–water partition coefficient (Wildman–Crippen LogP) is 4.58. The van der Waals surface area contributed by atoms with Crippen molar-refractivity contribution in [2.75, 3.05) is 13.2 Å². The summed E-state index contributed by atoms with van der Waals surface area (Å²) in [7, 11) is 0.993. The number of benzene rings is 1. The summed E-state index contributed by atoms with van der Waals surface area (Å²) < 4.78 is 91.4. The molecule has 0 fully saturated rings. The van der Waals surface area contributed by atoms with Gasteiger partial charge in [-0.2, -0.15) is 26.3 Å². The molecule has 0 saturated carbocycles. The van der Waals surface area contributed by atoms with Crippen LogP contribution in [-0.2, 0) is 40.1 Å². The number of carbonyl (C=O) groups is 3. The zero-order valence-corrected chi connectivity index (χ0v) is 17.7. The molecule has 180 valence electrons. The number of esters is 2. The molecule has 1 heterocycles. The molecule has 0 radical (unpaired) electrons. The van der Waals surface area contributed by atoms with Crippen molar-refractivity contribution in [2.45, 2.75) is 32.6 Å². The van der Waals surface area contributed by atoms with Gasteiger partial charge in [0.05, 0.1) is 36.3 Å². The monoisotopic (exact) mass is 479 g/mol. The van der Waals surface area contributed by atoms with Gasteiger partial charge < -0.3 is 14.0 Å². The number of ether oxygens (including phenoxy) is 2. The maximum Gasteiger partial charge on any atom is 0.419 e. The predicted molar refractivity (Wildman–Crippen MR) is 102 cm³/mol. The van der Waals surface area contributed by atoms with Crippen molar-refractivity contribution >= 4 is 17.7 Å². The summed E-state index contributed by atoms with van der Waals surface area (Å²) >= 11 is 0. The maximum atomic E-state index is 14.1. The molecule has 0 N–H and O–H groups in total. The van der Waals surface area contributed by atoms with Crippen LogP contribution in [0.2, 0.25) is 0 Å². The van der Waals surface area contributed by atoms with Crippen molar-refractivity contribution in [3.8, 4) is 0 Å². The Hall–Kier alpha value is -3.31. The SMILES string of the molecule is CCOC(=O)Cc1c(C(=O)OCC)c(C(F)(F)F)c(C(=O)c2cccc(C(F)(F)F)c2)n1C. The number of nitrogens with zero attached hydrogens (tertiary/aromatic N) is 1. The quantitative estimate of drug-likeness (QED) is 0.330. The van der Waals surface area contributed by atoms with Gasteiger partial charge in [0.1, 0.15) is 5.69 Å². The third-order valence-electron chi connectivity index (χ3n) is 4.56. The van der Waals surface area contributed by atoms with Crippen LogP contribution in [0.1, 0.15) is 57.1 Å². The second-order valence-electron chi connectivity index (χ2n) is 6.71. The number of alkyl halides is 6. The fourth-order valence-electron chi connectivity index (χ4n) is 3.23. The Kier molecular flexibility index (Phi) is 7.60. The van der Waals surface area contributed by atoms with E-state index in [1.807, 2.05) is 0 Å². The van der Waals surface area contributed by atoms with E-state index in [1.165, 1.54) is 13.8 Å². The first-order valence-corrected chi connectivity index (χ1v) is 9.57. The minimum absolute atomic E-state index is 0.0971. The van der Waals surface area contributed by atoms with Gasteiger partial charge in [0, 0.05) is 18.3 Å². The normalized spacial score (nSPS) is 11.9. The van der Waals surface area contributed by atoms with Gasteiger partial charge in [-0.05, 0) is 26.0 Å². The Bertz CT molecular complexity index is 1070. The second-order valence-corrected chi connectivity index (χ2v) is 6.71. The molecule has 1 aromatic carbocycles. The van der Waals surface area contributed by atoms with Gasteiger partial charge >= 0.3 is 24.3 Å². The van der Waals surface area contributed by atoms with Gasteiger partial charge in [-0.25, -0.2) is 4.79 Å². The number of carbonyl (C=O) groups excluding carboxylic acids is 3. The highest BCUT2D eigenvalue weighted by molar-refractivity contribution is 6.11. The van der Waals surface area contributed by atoms with Gasteiger partial charge in [0.25, 0.3) is 0 Å².